The van der Waals surface area contributed by atoms with Crippen molar-refractivity contribution >= 4 is 5.97 Å². The molecule has 0 N–H and O–H groups in total. The van der Waals surface area contributed by atoms with E-state index in [-0.39, 0.29) is 65.4 Å². The fourth-order valence-corrected chi connectivity index (χ4v) is 10.9. The summed E-state index contributed by atoms with van der Waals surface area (Å²) in [4.78, 5) is 12.3. The maximum absolute atomic E-state index is 12.3. The quantitative estimate of drug-likeness (QED) is 0.173. The minimum Gasteiger partial charge on any atom is -1.00 e. The Hall–Kier alpha value is 0.590. The number of carbonyl (C=O) groups is 1. The topological polar surface area (TPSA) is 26.3 Å². The van der Waals surface area contributed by atoms with Crippen molar-refractivity contribution in [2.24, 2.45) is 28.6 Å². The summed E-state index contributed by atoms with van der Waals surface area (Å²) < 4.78 is 8.77. The van der Waals surface area contributed by atoms with Crippen molar-refractivity contribution < 1.29 is 66.5 Å². The van der Waals surface area contributed by atoms with Crippen LogP contribution < -0.4 is 48.0 Å². The first-order valence-electron chi connectivity index (χ1n) is 15.1. The molecule has 0 unspecified atom stereocenters. The van der Waals surface area contributed by atoms with Gasteiger partial charge in [-0.2, -0.15) is 0 Å². The van der Waals surface area contributed by atoms with Crippen molar-refractivity contribution in [2.45, 2.75) is 110 Å². The molecule has 2 heterocycles. The van der Waals surface area contributed by atoms with E-state index in [1.807, 2.05) is 5.57 Å². The van der Waals surface area contributed by atoms with E-state index in [1.54, 1.807) is 6.92 Å². The van der Waals surface area contributed by atoms with E-state index in [0.717, 1.165) is 22.4 Å². The second kappa shape index (κ2) is 10.8. The lowest BCUT2D eigenvalue weighted by molar-refractivity contribution is -0.924. The molecule has 6 rings (SSSR count). The number of likely N-dealkylation sites (tertiary alicyclic amines) is 2. The molecule has 5 fully saturated rings. The van der Waals surface area contributed by atoms with Gasteiger partial charge < -0.3 is 61.7 Å². The molecular weight excluding hydrogens is 686 g/mol. The third-order valence-corrected chi connectivity index (χ3v) is 13.2. The fourth-order valence-electron chi connectivity index (χ4n) is 10.9. The Morgan fingerprint density at radius 2 is 1.54 bits per heavy atom. The molecule has 0 amide bonds. The summed E-state index contributed by atoms with van der Waals surface area (Å²) in [6, 6.07) is 1.34. The molecule has 3 saturated carbocycles. The molecule has 37 heavy (non-hydrogen) atoms. The Labute approximate surface area is 260 Å². The van der Waals surface area contributed by atoms with Gasteiger partial charge in [0.15, 0.2) is 6.10 Å². The van der Waals surface area contributed by atoms with Gasteiger partial charge >= 0.3 is 5.97 Å². The van der Waals surface area contributed by atoms with Crippen LogP contribution >= 0.6 is 0 Å². The summed E-state index contributed by atoms with van der Waals surface area (Å²) in [7, 11) is 5.02. The molecule has 6 heteroatoms. The number of allylic oxidation sites excluding steroid dienone is 1. The van der Waals surface area contributed by atoms with Crippen molar-refractivity contribution in [3.8, 4) is 0 Å². The van der Waals surface area contributed by atoms with Crippen molar-refractivity contribution in [1.29, 1.82) is 0 Å². The van der Waals surface area contributed by atoms with Crippen LogP contribution in [0.3, 0.4) is 0 Å². The van der Waals surface area contributed by atoms with E-state index in [0.29, 0.717) is 17.4 Å². The number of hydrogen-bond acceptors (Lipinski definition) is 2. The number of esters is 1. The summed E-state index contributed by atoms with van der Waals surface area (Å²) in [5.41, 5.74) is 2.38. The molecule has 6 aliphatic rings. The van der Waals surface area contributed by atoms with E-state index < -0.39 is 0 Å². The lowest BCUT2D eigenvalue weighted by Crippen LogP contribution is -3.00. The third kappa shape index (κ3) is 4.79. The number of hydrogen-bond donors (Lipinski definition) is 0. The Morgan fingerprint density at radius 3 is 2.16 bits per heavy atom. The molecule has 0 aromatic carbocycles. The van der Waals surface area contributed by atoms with Gasteiger partial charge in [-0.05, 0) is 48.9 Å². The lowest BCUT2D eigenvalue weighted by atomic mass is 9.47. The number of nitrogens with zero attached hydrogens (tertiary/aromatic N) is 2. The second-order valence-electron chi connectivity index (χ2n) is 14.8. The normalized spacial score (nSPS) is 45.4. The van der Waals surface area contributed by atoms with E-state index >= 15 is 0 Å². The van der Waals surface area contributed by atoms with Gasteiger partial charge in [-0.15, -0.1) is 0 Å². The van der Waals surface area contributed by atoms with Crippen LogP contribution in [0.4, 0.5) is 0 Å². The van der Waals surface area contributed by atoms with Crippen LogP contribution in [0.2, 0.25) is 0 Å². The van der Waals surface area contributed by atoms with Gasteiger partial charge in [-0.1, -0.05) is 25.5 Å². The minimum atomic E-state index is -0.0653. The van der Waals surface area contributed by atoms with Gasteiger partial charge in [0.25, 0.3) is 0 Å². The van der Waals surface area contributed by atoms with Crippen LogP contribution in [0.15, 0.2) is 11.6 Å². The second-order valence-corrected chi connectivity index (χ2v) is 14.8. The summed E-state index contributed by atoms with van der Waals surface area (Å²) >= 11 is 0. The number of fused-ring (bicyclic) bond motifs is 5. The molecule has 0 aromatic heterocycles. The number of quaternary nitrogens is 2. The maximum Gasteiger partial charge on any atom is 0.303 e. The van der Waals surface area contributed by atoms with Crippen LogP contribution in [0.25, 0.3) is 0 Å². The zero-order chi connectivity index (χ0) is 24.6. The highest BCUT2D eigenvalue weighted by Crippen LogP contribution is 2.66. The van der Waals surface area contributed by atoms with E-state index in [4.69, 9.17) is 4.74 Å². The molecule has 4 nitrogen and oxygen atoms in total. The molecule has 8 atom stereocenters. The van der Waals surface area contributed by atoms with Crippen LogP contribution in [0, 0.1) is 28.6 Å². The van der Waals surface area contributed by atoms with Crippen molar-refractivity contribution in [1.82, 2.24) is 0 Å². The van der Waals surface area contributed by atoms with Crippen LogP contribution in [0.1, 0.15) is 91.4 Å². The number of rotatable bonds is 3. The van der Waals surface area contributed by atoms with Gasteiger partial charge in [-0.3, -0.25) is 4.79 Å². The fraction of sp³-hybridized carbons (Fsp3) is 0.903. The first-order valence-corrected chi connectivity index (χ1v) is 15.1. The average Bonchev–Trinajstić information content (AvgIpc) is 3.52. The largest absolute Gasteiger partial charge is 1.00 e. The number of ether oxygens (including phenoxy) is 1. The van der Waals surface area contributed by atoms with Crippen LogP contribution in [-0.2, 0) is 9.53 Å². The number of likely N-dealkylation sites (N-methyl/N-ethyl adjacent to an activating group) is 1. The first-order chi connectivity index (χ1) is 16.6. The predicted octanol–water partition coefficient (Wildman–Crippen LogP) is -0.283. The van der Waals surface area contributed by atoms with Gasteiger partial charge in [0, 0.05) is 57.3 Å². The molecule has 4 aliphatic carbocycles. The standard InChI is InChI=1S/C31H52N2O2.2HI/c1-22(34)35-29-28(33(5)18-8-9-19-33)21-27-25-11-10-23-20-24(32(4)16-6-7-17-32)12-14-30(23,2)26(25)13-15-31(27,29)3;;/h10,24-29H,6-9,11-21H2,1-5H3;2*1H/q+2;;/p-2/t24-,25+,26-,27-,28-,29-,30-,31-;;/m0../s1. The van der Waals surface area contributed by atoms with Crippen LogP contribution in [0.5, 0.6) is 0 Å². The van der Waals surface area contributed by atoms with Crippen molar-refractivity contribution in [3.63, 3.8) is 0 Å². The Bertz CT molecular complexity index is 896. The van der Waals surface area contributed by atoms with E-state index in [1.165, 1.54) is 101 Å². The highest BCUT2D eigenvalue weighted by Gasteiger charge is 2.66. The highest BCUT2D eigenvalue weighted by molar-refractivity contribution is 5.66. The zero-order valence-electron chi connectivity index (χ0n) is 24.1. The molecule has 0 bridgehead atoms. The van der Waals surface area contributed by atoms with Gasteiger partial charge in [-0.25, -0.2) is 0 Å². The summed E-state index contributed by atoms with van der Waals surface area (Å²) in [5, 5.41) is 0. The Kier molecular flexibility index (Phi) is 8.89. The number of carbonyl (C=O) groups excluding carboxylic acids is 1. The number of halogens is 2. The molecule has 212 valence electrons. The smallest absolute Gasteiger partial charge is 0.303 e. The van der Waals surface area contributed by atoms with Gasteiger partial charge in [0.05, 0.1) is 46.3 Å². The summed E-state index contributed by atoms with van der Waals surface area (Å²) in [6.07, 6.45) is 17.6. The predicted molar refractivity (Wildman–Crippen MR) is 141 cm³/mol. The van der Waals surface area contributed by atoms with Gasteiger partial charge in [0.2, 0.25) is 0 Å². The minimum absolute atomic E-state index is 0. The van der Waals surface area contributed by atoms with Crippen LogP contribution in [-0.4, -0.2) is 73.4 Å². The average molecular weight is 739 g/mol. The SMILES string of the molecule is CC(=O)O[C@H]1[C@@H]([N+]2(C)CCCC2)C[C@H]2[C@@H]3CC=C4C[C@@H]([N+]5(C)CCCC5)CC[C@]4(C)[C@H]3CC[C@@]21C.[I-].[I-]. The monoisotopic (exact) mass is 738 g/mol. The van der Waals surface area contributed by atoms with E-state index in [2.05, 4.69) is 34.0 Å². The summed E-state index contributed by atoms with van der Waals surface area (Å²) in [5.74, 6) is 2.23. The lowest BCUT2D eigenvalue weighted by Gasteiger charge is -2.58. The zero-order valence-corrected chi connectivity index (χ0v) is 28.4. The maximum atomic E-state index is 12.3. The third-order valence-electron chi connectivity index (χ3n) is 13.2. The molecule has 2 aliphatic heterocycles. The van der Waals surface area contributed by atoms with Gasteiger partial charge in [0.1, 0.15) is 6.04 Å². The van der Waals surface area contributed by atoms with Crippen molar-refractivity contribution in [2.75, 3.05) is 40.3 Å². The highest BCUT2D eigenvalue weighted by atomic mass is 127. The molecule has 2 saturated heterocycles. The Balaban J connectivity index is 0.00000160. The summed E-state index contributed by atoms with van der Waals surface area (Å²) in [6.45, 7) is 12.1. The Morgan fingerprint density at radius 1 is 0.919 bits per heavy atom. The molecule has 0 spiro atoms. The first kappa shape index (κ1) is 30.5. The molecule has 0 radical (unpaired) electrons. The molecule has 0 aromatic rings. The molecular formula is C31H52I2N2O2. The van der Waals surface area contributed by atoms with E-state index in [9.17, 15) is 4.79 Å². The van der Waals surface area contributed by atoms with Crippen molar-refractivity contribution in [3.05, 3.63) is 11.6 Å².